The summed E-state index contributed by atoms with van der Waals surface area (Å²) in [5, 5.41) is 3.29. The lowest BCUT2D eigenvalue weighted by Crippen LogP contribution is -2.53. The standard InChI is InChI=1S/C16H26N4O/c1-3-8-17-16-18-11-12(2)15(19-16)20-9-10-21-14-7-5-4-6-13(14)20/h11,13-14H,3-10H2,1-2H3,(H,17,18,19). The predicted octanol–water partition coefficient (Wildman–Crippen LogP) is 2.75. The zero-order chi connectivity index (χ0) is 14.7. The largest absolute Gasteiger partial charge is 0.374 e. The van der Waals surface area contributed by atoms with Gasteiger partial charge in [-0.05, 0) is 26.2 Å². The minimum absolute atomic E-state index is 0.383. The maximum atomic E-state index is 5.97. The minimum atomic E-state index is 0.383. The van der Waals surface area contributed by atoms with Gasteiger partial charge in [-0.25, -0.2) is 4.98 Å². The Morgan fingerprint density at radius 2 is 2.24 bits per heavy atom. The van der Waals surface area contributed by atoms with Crippen molar-refractivity contribution in [3.05, 3.63) is 11.8 Å². The third kappa shape index (κ3) is 3.12. The van der Waals surface area contributed by atoms with Crippen LogP contribution in [0.1, 0.15) is 44.6 Å². The lowest BCUT2D eigenvalue weighted by Gasteiger charge is -2.44. The smallest absolute Gasteiger partial charge is 0.224 e. The number of aryl methyl sites for hydroxylation is 1. The zero-order valence-corrected chi connectivity index (χ0v) is 13.1. The minimum Gasteiger partial charge on any atom is -0.374 e. The Kier molecular flexibility index (Phi) is 4.58. The first-order valence-corrected chi connectivity index (χ1v) is 8.25. The highest BCUT2D eigenvalue weighted by Crippen LogP contribution is 2.32. The average Bonchev–Trinajstić information content (AvgIpc) is 2.54. The predicted molar refractivity (Wildman–Crippen MR) is 84.9 cm³/mol. The molecule has 2 unspecified atom stereocenters. The third-order valence-electron chi connectivity index (χ3n) is 4.48. The van der Waals surface area contributed by atoms with Crippen LogP contribution in [0, 0.1) is 6.92 Å². The molecule has 0 radical (unpaired) electrons. The SMILES string of the molecule is CCCNc1ncc(C)c(N2CCOC3CCCCC32)n1. The molecule has 2 heterocycles. The third-order valence-corrected chi connectivity index (χ3v) is 4.48. The van der Waals surface area contributed by atoms with Crippen molar-refractivity contribution in [2.24, 2.45) is 0 Å². The van der Waals surface area contributed by atoms with Crippen LogP contribution in [0.5, 0.6) is 0 Å². The highest BCUT2D eigenvalue weighted by molar-refractivity contribution is 5.50. The van der Waals surface area contributed by atoms with Crippen molar-refractivity contribution in [1.82, 2.24) is 9.97 Å². The Morgan fingerprint density at radius 3 is 3.10 bits per heavy atom. The second-order valence-corrected chi connectivity index (χ2v) is 6.08. The van der Waals surface area contributed by atoms with Crippen molar-refractivity contribution < 1.29 is 4.74 Å². The molecule has 1 aromatic rings. The van der Waals surface area contributed by atoms with Crippen molar-refractivity contribution in [2.75, 3.05) is 29.9 Å². The molecule has 116 valence electrons. The molecular formula is C16H26N4O. The van der Waals surface area contributed by atoms with E-state index in [1.807, 2.05) is 6.20 Å². The topological polar surface area (TPSA) is 50.3 Å². The number of aromatic nitrogens is 2. The highest BCUT2D eigenvalue weighted by Gasteiger charge is 2.35. The molecule has 1 saturated heterocycles. The highest BCUT2D eigenvalue weighted by atomic mass is 16.5. The van der Waals surface area contributed by atoms with E-state index in [9.17, 15) is 0 Å². The molecule has 1 saturated carbocycles. The summed E-state index contributed by atoms with van der Waals surface area (Å²) in [6, 6.07) is 0.486. The average molecular weight is 290 g/mol. The van der Waals surface area contributed by atoms with Crippen LogP contribution in [0.3, 0.4) is 0 Å². The summed E-state index contributed by atoms with van der Waals surface area (Å²) in [5.74, 6) is 1.83. The van der Waals surface area contributed by atoms with Crippen LogP contribution < -0.4 is 10.2 Å². The summed E-state index contributed by atoms with van der Waals surface area (Å²) in [4.78, 5) is 11.6. The van der Waals surface area contributed by atoms with E-state index < -0.39 is 0 Å². The number of ether oxygens (including phenoxy) is 1. The fraction of sp³-hybridized carbons (Fsp3) is 0.750. The molecule has 0 spiro atoms. The van der Waals surface area contributed by atoms with E-state index in [1.54, 1.807) is 0 Å². The molecule has 21 heavy (non-hydrogen) atoms. The van der Waals surface area contributed by atoms with Gasteiger partial charge in [-0.15, -0.1) is 0 Å². The molecule has 0 aromatic carbocycles. The summed E-state index contributed by atoms with van der Waals surface area (Å²) >= 11 is 0. The monoisotopic (exact) mass is 290 g/mol. The number of hydrogen-bond donors (Lipinski definition) is 1. The fourth-order valence-electron chi connectivity index (χ4n) is 3.41. The number of nitrogens with zero attached hydrogens (tertiary/aromatic N) is 3. The van der Waals surface area contributed by atoms with Crippen molar-refractivity contribution in [2.45, 2.75) is 58.1 Å². The van der Waals surface area contributed by atoms with Gasteiger partial charge in [0.05, 0.1) is 18.8 Å². The van der Waals surface area contributed by atoms with Gasteiger partial charge in [-0.1, -0.05) is 19.8 Å². The van der Waals surface area contributed by atoms with Crippen LogP contribution in [0.4, 0.5) is 11.8 Å². The fourth-order valence-corrected chi connectivity index (χ4v) is 3.41. The van der Waals surface area contributed by atoms with Crippen LogP contribution in [-0.4, -0.2) is 41.8 Å². The van der Waals surface area contributed by atoms with Crippen molar-refractivity contribution in [3.63, 3.8) is 0 Å². The summed E-state index contributed by atoms with van der Waals surface area (Å²) in [7, 11) is 0. The lowest BCUT2D eigenvalue weighted by atomic mass is 9.90. The second-order valence-electron chi connectivity index (χ2n) is 6.08. The van der Waals surface area contributed by atoms with Gasteiger partial charge in [0, 0.05) is 24.8 Å². The normalized spacial score (nSPS) is 25.5. The van der Waals surface area contributed by atoms with E-state index in [2.05, 4.69) is 29.0 Å². The Bertz CT molecular complexity index is 477. The molecule has 5 heteroatoms. The first-order valence-electron chi connectivity index (χ1n) is 8.25. The molecule has 3 rings (SSSR count). The van der Waals surface area contributed by atoms with Crippen LogP contribution in [0.15, 0.2) is 6.20 Å². The van der Waals surface area contributed by atoms with E-state index in [-0.39, 0.29) is 0 Å². The van der Waals surface area contributed by atoms with Crippen molar-refractivity contribution in [1.29, 1.82) is 0 Å². The lowest BCUT2D eigenvalue weighted by molar-refractivity contribution is -0.00903. The Labute approximate surface area is 127 Å². The summed E-state index contributed by atoms with van der Waals surface area (Å²) in [6.07, 6.45) is 8.39. The maximum absolute atomic E-state index is 5.97. The summed E-state index contributed by atoms with van der Waals surface area (Å²) in [6.45, 7) is 6.91. The number of hydrogen-bond acceptors (Lipinski definition) is 5. The molecule has 2 atom stereocenters. The number of morpholine rings is 1. The summed E-state index contributed by atoms with van der Waals surface area (Å²) < 4.78 is 5.97. The van der Waals surface area contributed by atoms with Crippen LogP contribution in [0.25, 0.3) is 0 Å². The van der Waals surface area contributed by atoms with Gasteiger partial charge in [-0.3, -0.25) is 0 Å². The molecule has 1 aliphatic heterocycles. The molecule has 2 fully saturated rings. The van der Waals surface area contributed by atoms with Crippen molar-refractivity contribution >= 4 is 11.8 Å². The summed E-state index contributed by atoms with van der Waals surface area (Å²) in [5.41, 5.74) is 1.16. The molecule has 1 N–H and O–H groups in total. The van der Waals surface area contributed by atoms with Crippen LogP contribution in [0.2, 0.25) is 0 Å². The number of anilines is 2. The van der Waals surface area contributed by atoms with E-state index in [1.165, 1.54) is 25.7 Å². The first kappa shape index (κ1) is 14.6. The second kappa shape index (κ2) is 6.60. The first-order chi connectivity index (χ1) is 10.3. The van der Waals surface area contributed by atoms with E-state index >= 15 is 0 Å². The van der Waals surface area contributed by atoms with Gasteiger partial charge in [0.15, 0.2) is 0 Å². The quantitative estimate of drug-likeness (QED) is 0.924. The molecule has 1 aromatic heterocycles. The van der Waals surface area contributed by atoms with Gasteiger partial charge in [0.2, 0.25) is 5.95 Å². The van der Waals surface area contributed by atoms with Gasteiger partial charge in [0.1, 0.15) is 5.82 Å². The van der Waals surface area contributed by atoms with Gasteiger partial charge in [0.25, 0.3) is 0 Å². The number of nitrogens with one attached hydrogen (secondary N) is 1. The maximum Gasteiger partial charge on any atom is 0.224 e. The zero-order valence-electron chi connectivity index (χ0n) is 13.1. The number of rotatable bonds is 4. The number of fused-ring (bicyclic) bond motifs is 1. The molecule has 0 amide bonds. The van der Waals surface area contributed by atoms with Crippen molar-refractivity contribution in [3.8, 4) is 0 Å². The van der Waals surface area contributed by atoms with E-state index in [0.717, 1.165) is 43.4 Å². The molecule has 0 bridgehead atoms. The molecular weight excluding hydrogens is 264 g/mol. The van der Waals surface area contributed by atoms with Crippen LogP contribution in [-0.2, 0) is 4.74 Å². The Morgan fingerprint density at radius 1 is 1.38 bits per heavy atom. The van der Waals surface area contributed by atoms with Crippen LogP contribution >= 0.6 is 0 Å². The molecule has 5 nitrogen and oxygen atoms in total. The van der Waals surface area contributed by atoms with Gasteiger partial charge in [-0.2, -0.15) is 4.98 Å². The van der Waals surface area contributed by atoms with Gasteiger partial charge >= 0.3 is 0 Å². The van der Waals surface area contributed by atoms with Gasteiger partial charge < -0.3 is 15.0 Å². The molecule has 2 aliphatic rings. The van der Waals surface area contributed by atoms with E-state index in [4.69, 9.17) is 9.72 Å². The molecule has 1 aliphatic carbocycles. The Balaban J connectivity index is 1.83. The Hall–Kier alpha value is -1.36. The van der Waals surface area contributed by atoms with E-state index in [0.29, 0.717) is 12.1 Å².